The lowest BCUT2D eigenvalue weighted by Gasteiger charge is -2.01. The second kappa shape index (κ2) is 35.3. The van der Waals surface area contributed by atoms with Gasteiger partial charge in [-0.25, -0.2) is 0 Å². The Kier molecular flexibility index (Phi) is 36.7. The van der Waals surface area contributed by atoms with Crippen LogP contribution in [0.5, 0.6) is 0 Å². The molecule has 0 rings (SSSR count). The van der Waals surface area contributed by atoms with E-state index in [9.17, 15) is 4.79 Å². The molecule has 0 radical (unpaired) electrons. The number of aliphatic hydroxyl groups is 1. The number of carboxylic acid groups (broad SMARTS) is 1. The average Bonchev–Trinajstić information content (AvgIpc) is 2.85. The maximum Gasteiger partial charge on any atom is 0.303 e. The second-order valence-electron chi connectivity index (χ2n) is 10.3. The molecule has 0 fully saturated rings. The molecule has 0 amide bonds. The molecular formula is C32H64O3. The van der Waals surface area contributed by atoms with Gasteiger partial charge in [-0.2, -0.15) is 0 Å². The molecule has 35 heavy (non-hydrogen) atoms. The van der Waals surface area contributed by atoms with E-state index in [-0.39, 0.29) is 0 Å². The predicted molar refractivity (Wildman–Crippen MR) is 155 cm³/mol. The van der Waals surface area contributed by atoms with Crippen molar-refractivity contribution >= 4 is 5.97 Å². The number of carboxylic acids is 1. The Morgan fingerprint density at radius 2 is 0.800 bits per heavy atom. The molecule has 0 aromatic heterocycles. The Hall–Kier alpha value is -0.830. The maximum absolute atomic E-state index is 10.3. The first-order valence-corrected chi connectivity index (χ1v) is 15.7. The predicted octanol–water partition coefficient (Wildman–Crippen LogP) is 10.8. The summed E-state index contributed by atoms with van der Waals surface area (Å²) < 4.78 is 0. The molecule has 0 atom stereocenters. The number of allylic oxidation sites excluding steroid dienone is 2. The summed E-state index contributed by atoms with van der Waals surface area (Å²) in [4.78, 5) is 10.3. The van der Waals surface area contributed by atoms with Crippen molar-refractivity contribution in [3.05, 3.63) is 12.2 Å². The number of aliphatic hydroxyl groups excluding tert-OH is 1. The van der Waals surface area contributed by atoms with Crippen LogP contribution in [0.2, 0.25) is 0 Å². The van der Waals surface area contributed by atoms with Gasteiger partial charge >= 0.3 is 5.97 Å². The van der Waals surface area contributed by atoms with Gasteiger partial charge in [0.15, 0.2) is 0 Å². The van der Waals surface area contributed by atoms with Crippen molar-refractivity contribution < 1.29 is 15.0 Å². The molecule has 0 aliphatic heterocycles. The zero-order chi connectivity index (χ0) is 26.1. The molecule has 3 heteroatoms. The van der Waals surface area contributed by atoms with Crippen molar-refractivity contribution in [3.8, 4) is 0 Å². The van der Waals surface area contributed by atoms with Gasteiger partial charge in [0.2, 0.25) is 0 Å². The molecule has 0 bridgehead atoms. The van der Waals surface area contributed by atoms with Crippen molar-refractivity contribution in [1.29, 1.82) is 0 Å². The van der Waals surface area contributed by atoms with Crippen molar-refractivity contribution in [2.75, 3.05) is 6.61 Å². The highest BCUT2D eigenvalue weighted by molar-refractivity contribution is 5.66. The average molecular weight is 497 g/mol. The third-order valence-corrected chi connectivity index (χ3v) is 6.66. The van der Waals surface area contributed by atoms with Crippen LogP contribution in [0.3, 0.4) is 0 Å². The van der Waals surface area contributed by atoms with E-state index in [0.717, 1.165) is 19.3 Å². The summed E-state index contributed by atoms with van der Waals surface area (Å²) in [5.41, 5.74) is 0. The van der Waals surface area contributed by atoms with Gasteiger partial charge in [-0.3, -0.25) is 4.79 Å². The van der Waals surface area contributed by atoms with Gasteiger partial charge in [0.25, 0.3) is 0 Å². The van der Waals surface area contributed by atoms with Gasteiger partial charge < -0.3 is 10.2 Å². The standard InChI is InChI=1S/C18H34O2.C14H30O/c1-2-3-4-5-6-7-8-9-10-11-12-13-14-15-16-17-18(19)20;1-2-3-4-5-6-7-8-9-10-11-12-13-14-15/h9-10H,2-8,11-17H2,1H3,(H,19,20);15H,2-14H2,1H3/b10-9-;. The fourth-order valence-electron chi connectivity index (χ4n) is 4.30. The molecule has 0 aliphatic carbocycles. The van der Waals surface area contributed by atoms with Gasteiger partial charge in [0.05, 0.1) is 0 Å². The second-order valence-corrected chi connectivity index (χ2v) is 10.3. The molecule has 210 valence electrons. The lowest BCUT2D eigenvalue weighted by atomic mass is 10.1. The summed E-state index contributed by atoms with van der Waals surface area (Å²) in [6, 6.07) is 0. The van der Waals surface area contributed by atoms with Crippen LogP contribution in [0.25, 0.3) is 0 Å². The fourth-order valence-corrected chi connectivity index (χ4v) is 4.30. The van der Waals surface area contributed by atoms with Crippen LogP contribution < -0.4 is 0 Å². The van der Waals surface area contributed by atoms with E-state index in [4.69, 9.17) is 10.2 Å². The van der Waals surface area contributed by atoms with Crippen LogP contribution in [-0.4, -0.2) is 22.8 Å². The Bertz CT molecular complexity index is 394. The molecule has 0 aromatic carbocycles. The first-order valence-electron chi connectivity index (χ1n) is 15.7. The van der Waals surface area contributed by atoms with E-state index < -0.39 is 5.97 Å². The minimum Gasteiger partial charge on any atom is -0.481 e. The lowest BCUT2D eigenvalue weighted by Crippen LogP contribution is -1.93. The number of hydrogen-bond acceptors (Lipinski definition) is 2. The SMILES string of the molecule is CCCCCCCC/C=C\CCCCCCCC(=O)O.CCCCCCCCCCCCCCO. The number of rotatable bonds is 27. The van der Waals surface area contributed by atoms with Gasteiger partial charge in [-0.05, 0) is 38.5 Å². The van der Waals surface area contributed by atoms with Gasteiger partial charge in [-0.1, -0.05) is 148 Å². The van der Waals surface area contributed by atoms with Crippen LogP contribution in [-0.2, 0) is 4.79 Å². The Labute approximate surface area is 220 Å². The molecule has 0 unspecified atom stereocenters. The normalized spacial score (nSPS) is 11.1. The lowest BCUT2D eigenvalue weighted by molar-refractivity contribution is -0.137. The Balaban J connectivity index is 0. The van der Waals surface area contributed by atoms with E-state index in [2.05, 4.69) is 26.0 Å². The van der Waals surface area contributed by atoms with Gasteiger partial charge in [0, 0.05) is 13.0 Å². The minimum absolute atomic E-state index is 0.332. The quantitative estimate of drug-likeness (QED) is 0.0878. The third-order valence-electron chi connectivity index (χ3n) is 6.66. The highest BCUT2D eigenvalue weighted by Gasteiger charge is 1.96. The first-order chi connectivity index (χ1) is 17.2. The van der Waals surface area contributed by atoms with Crippen molar-refractivity contribution in [3.63, 3.8) is 0 Å². The fraction of sp³-hybridized carbons (Fsp3) is 0.906. The largest absolute Gasteiger partial charge is 0.481 e. The van der Waals surface area contributed by atoms with Crippen molar-refractivity contribution in [2.45, 2.75) is 181 Å². The summed E-state index contributed by atoms with van der Waals surface area (Å²) >= 11 is 0. The molecule has 2 N–H and O–H groups in total. The Morgan fingerprint density at radius 3 is 1.14 bits per heavy atom. The van der Waals surface area contributed by atoms with E-state index >= 15 is 0 Å². The number of unbranched alkanes of at least 4 members (excludes halogenated alkanes) is 22. The summed E-state index contributed by atoms with van der Waals surface area (Å²) in [5, 5.41) is 17.1. The van der Waals surface area contributed by atoms with E-state index in [0.29, 0.717) is 13.0 Å². The molecule has 0 saturated heterocycles. The molecule has 0 saturated carbocycles. The molecule has 0 heterocycles. The minimum atomic E-state index is -0.664. The summed E-state index contributed by atoms with van der Waals surface area (Å²) in [6.07, 6.45) is 37.5. The van der Waals surface area contributed by atoms with Crippen molar-refractivity contribution in [1.82, 2.24) is 0 Å². The smallest absolute Gasteiger partial charge is 0.303 e. The van der Waals surface area contributed by atoms with E-state index in [1.807, 2.05) is 0 Å². The summed E-state index contributed by atoms with van der Waals surface area (Å²) in [6.45, 7) is 4.90. The van der Waals surface area contributed by atoms with Crippen molar-refractivity contribution in [2.24, 2.45) is 0 Å². The molecule has 0 aliphatic rings. The molecule has 0 spiro atoms. The van der Waals surface area contributed by atoms with Crippen LogP contribution in [0.15, 0.2) is 12.2 Å². The number of hydrogen-bond donors (Lipinski definition) is 2. The number of carbonyl (C=O) groups is 1. The van der Waals surface area contributed by atoms with Gasteiger partial charge in [0.1, 0.15) is 0 Å². The third kappa shape index (κ3) is 40.6. The monoisotopic (exact) mass is 496 g/mol. The van der Waals surface area contributed by atoms with Crippen LogP contribution >= 0.6 is 0 Å². The van der Waals surface area contributed by atoms with Gasteiger partial charge in [-0.15, -0.1) is 0 Å². The topological polar surface area (TPSA) is 57.5 Å². The molecule has 3 nitrogen and oxygen atoms in total. The zero-order valence-corrected chi connectivity index (χ0v) is 24.0. The number of aliphatic carboxylic acids is 1. The maximum atomic E-state index is 10.3. The summed E-state index contributed by atoms with van der Waals surface area (Å²) in [5.74, 6) is -0.664. The van der Waals surface area contributed by atoms with Crippen LogP contribution in [0, 0.1) is 0 Å². The molecular weight excluding hydrogens is 432 g/mol. The summed E-state index contributed by atoms with van der Waals surface area (Å²) in [7, 11) is 0. The van der Waals surface area contributed by atoms with Crippen LogP contribution in [0.4, 0.5) is 0 Å². The Morgan fingerprint density at radius 1 is 0.486 bits per heavy atom. The highest BCUT2D eigenvalue weighted by Crippen LogP contribution is 2.12. The molecule has 0 aromatic rings. The van der Waals surface area contributed by atoms with Crippen LogP contribution in [0.1, 0.15) is 181 Å². The zero-order valence-electron chi connectivity index (χ0n) is 24.0. The highest BCUT2D eigenvalue weighted by atomic mass is 16.4. The van der Waals surface area contributed by atoms with E-state index in [1.54, 1.807) is 0 Å². The van der Waals surface area contributed by atoms with E-state index in [1.165, 1.54) is 141 Å². The first kappa shape index (κ1) is 36.3.